The van der Waals surface area contributed by atoms with Crippen LogP contribution in [0.4, 0.5) is 13.2 Å². The number of halogens is 3. The van der Waals surface area contributed by atoms with Crippen LogP contribution < -0.4 is 5.73 Å². The second-order valence-electron chi connectivity index (χ2n) is 5.03. The highest BCUT2D eigenvalue weighted by atomic mass is 19.4. The summed E-state index contributed by atoms with van der Waals surface area (Å²) in [6, 6.07) is 11.7. The van der Waals surface area contributed by atoms with Crippen molar-refractivity contribution in [2.75, 3.05) is 0 Å². The van der Waals surface area contributed by atoms with E-state index in [1.807, 2.05) is 0 Å². The lowest BCUT2D eigenvalue weighted by atomic mass is 9.97. The van der Waals surface area contributed by atoms with Gasteiger partial charge in [-0.25, -0.2) is 4.98 Å². The van der Waals surface area contributed by atoms with E-state index in [1.54, 1.807) is 30.3 Å². The first-order valence-electron chi connectivity index (χ1n) is 6.88. The van der Waals surface area contributed by atoms with Gasteiger partial charge in [-0.3, -0.25) is 4.79 Å². The van der Waals surface area contributed by atoms with Crippen LogP contribution >= 0.6 is 0 Å². The van der Waals surface area contributed by atoms with Gasteiger partial charge in [-0.15, -0.1) is 0 Å². The van der Waals surface area contributed by atoms with Gasteiger partial charge in [-0.1, -0.05) is 36.4 Å². The van der Waals surface area contributed by atoms with Gasteiger partial charge >= 0.3 is 12.1 Å². The molecule has 0 radical (unpaired) electrons. The predicted molar refractivity (Wildman–Crippen MR) is 80.9 cm³/mol. The Morgan fingerprint density at radius 2 is 1.75 bits per heavy atom. The van der Waals surface area contributed by atoms with E-state index in [0.717, 1.165) is 6.07 Å². The molecule has 0 bridgehead atoms. The molecule has 0 aliphatic rings. The fraction of sp³-hybridized carbons (Fsp3) is 0.0588. The van der Waals surface area contributed by atoms with Crippen molar-refractivity contribution in [1.29, 1.82) is 0 Å². The molecule has 4 nitrogen and oxygen atoms in total. The van der Waals surface area contributed by atoms with Gasteiger partial charge in [0.25, 0.3) is 5.89 Å². The van der Waals surface area contributed by atoms with Crippen LogP contribution in [0, 0.1) is 0 Å². The summed E-state index contributed by atoms with van der Waals surface area (Å²) in [4.78, 5) is 15.0. The molecule has 3 aromatic rings. The quantitative estimate of drug-likeness (QED) is 0.784. The Balaban J connectivity index is 2.07. The van der Waals surface area contributed by atoms with Crippen LogP contribution in [0.1, 0.15) is 16.2 Å². The molecule has 122 valence electrons. The summed E-state index contributed by atoms with van der Waals surface area (Å²) in [6.07, 6.45) is -3.23. The minimum absolute atomic E-state index is 0.0606. The van der Waals surface area contributed by atoms with Crippen LogP contribution in [0.2, 0.25) is 0 Å². The number of primary amides is 1. The minimum atomic E-state index is -4.46. The van der Waals surface area contributed by atoms with Crippen molar-refractivity contribution < 1.29 is 22.4 Å². The molecule has 24 heavy (non-hydrogen) atoms. The number of nitrogens with zero attached hydrogens (tertiary/aromatic N) is 1. The van der Waals surface area contributed by atoms with E-state index in [0.29, 0.717) is 16.8 Å². The lowest BCUT2D eigenvalue weighted by Crippen LogP contribution is -2.10. The van der Waals surface area contributed by atoms with Crippen LogP contribution in [0.5, 0.6) is 0 Å². The smallest absolute Gasteiger partial charge is 0.417 e. The largest absolute Gasteiger partial charge is 0.440 e. The number of carbonyl (C=O) groups excluding carboxylic acids is 1. The van der Waals surface area contributed by atoms with E-state index in [1.165, 1.54) is 18.4 Å². The fourth-order valence-corrected chi connectivity index (χ4v) is 2.35. The molecule has 0 atom stereocenters. The zero-order valence-electron chi connectivity index (χ0n) is 12.2. The first-order chi connectivity index (χ1) is 11.4. The molecular formula is C17H11F3N2O2. The second kappa shape index (κ2) is 5.84. The number of nitrogens with two attached hydrogens (primary N) is 1. The van der Waals surface area contributed by atoms with Crippen LogP contribution in [0.25, 0.3) is 22.4 Å². The van der Waals surface area contributed by atoms with Gasteiger partial charge in [0.05, 0.1) is 5.56 Å². The standard InChI is InChI=1S/C17H11F3N2O2/c18-17(19,20)13-7-2-1-6-12(13)10-4-3-5-11(8-10)14-9-24-16(22-14)15(21)23/h1-9H,(H2,21,23). The zero-order chi connectivity index (χ0) is 17.3. The minimum Gasteiger partial charge on any atom is -0.440 e. The Labute approximate surface area is 134 Å². The van der Waals surface area contributed by atoms with Gasteiger partial charge < -0.3 is 10.2 Å². The average molecular weight is 332 g/mol. The fourth-order valence-electron chi connectivity index (χ4n) is 2.35. The normalized spacial score (nSPS) is 11.5. The number of hydrogen-bond donors (Lipinski definition) is 1. The topological polar surface area (TPSA) is 69.1 Å². The molecule has 0 saturated carbocycles. The molecule has 0 saturated heterocycles. The Kier molecular flexibility index (Phi) is 3.84. The summed E-state index contributed by atoms with van der Waals surface area (Å²) in [5.74, 6) is -1.08. The van der Waals surface area contributed by atoms with Crippen molar-refractivity contribution in [3.05, 3.63) is 66.2 Å². The molecule has 1 heterocycles. The highest BCUT2D eigenvalue weighted by Crippen LogP contribution is 2.37. The first kappa shape index (κ1) is 15.8. The summed E-state index contributed by atoms with van der Waals surface area (Å²) in [5, 5.41) is 0. The monoisotopic (exact) mass is 332 g/mol. The summed E-state index contributed by atoms with van der Waals surface area (Å²) < 4.78 is 44.5. The number of carbonyl (C=O) groups is 1. The number of benzene rings is 2. The third-order valence-electron chi connectivity index (χ3n) is 3.42. The molecule has 3 rings (SSSR count). The van der Waals surface area contributed by atoms with Crippen molar-refractivity contribution in [3.63, 3.8) is 0 Å². The molecule has 7 heteroatoms. The Morgan fingerprint density at radius 1 is 1.04 bits per heavy atom. The first-order valence-corrected chi connectivity index (χ1v) is 6.88. The molecule has 2 N–H and O–H groups in total. The van der Waals surface area contributed by atoms with Crippen molar-refractivity contribution in [1.82, 2.24) is 4.98 Å². The molecular weight excluding hydrogens is 321 g/mol. The lowest BCUT2D eigenvalue weighted by molar-refractivity contribution is -0.137. The van der Waals surface area contributed by atoms with Gasteiger partial charge in [0, 0.05) is 5.56 Å². The van der Waals surface area contributed by atoms with E-state index < -0.39 is 17.6 Å². The maximum atomic E-state index is 13.2. The van der Waals surface area contributed by atoms with E-state index in [2.05, 4.69) is 4.98 Å². The van der Waals surface area contributed by atoms with Crippen LogP contribution in [-0.4, -0.2) is 10.9 Å². The van der Waals surface area contributed by atoms with Crippen molar-refractivity contribution >= 4 is 5.91 Å². The molecule has 0 spiro atoms. The maximum absolute atomic E-state index is 13.2. The van der Waals surface area contributed by atoms with Crippen LogP contribution in [0.3, 0.4) is 0 Å². The van der Waals surface area contributed by atoms with Crippen molar-refractivity contribution in [3.8, 4) is 22.4 Å². The van der Waals surface area contributed by atoms with Crippen LogP contribution in [0.15, 0.2) is 59.2 Å². The number of aromatic nitrogens is 1. The molecule has 0 aliphatic heterocycles. The molecule has 0 fully saturated rings. The number of oxazole rings is 1. The third-order valence-corrected chi connectivity index (χ3v) is 3.42. The molecule has 1 amide bonds. The van der Waals surface area contributed by atoms with E-state index in [4.69, 9.17) is 10.2 Å². The Morgan fingerprint density at radius 3 is 2.42 bits per heavy atom. The van der Waals surface area contributed by atoms with E-state index >= 15 is 0 Å². The predicted octanol–water partition coefficient (Wildman–Crippen LogP) is 4.13. The Bertz CT molecular complexity index is 901. The number of rotatable bonds is 3. The van der Waals surface area contributed by atoms with Gasteiger partial charge in [0.2, 0.25) is 0 Å². The zero-order valence-corrected chi connectivity index (χ0v) is 12.2. The highest BCUT2D eigenvalue weighted by molar-refractivity contribution is 5.88. The molecule has 2 aromatic carbocycles. The molecule has 0 unspecified atom stereocenters. The van der Waals surface area contributed by atoms with Crippen LogP contribution in [-0.2, 0) is 6.18 Å². The van der Waals surface area contributed by atoms with Gasteiger partial charge in [0.1, 0.15) is 12.0 Å². The van der Waals surface area contributed by atoms with Gasteiger partial charge in [-0.05, 0) is 23.3 Å². The molecule has 1 aromatic heterocycles. The van der Waals surface area contributed by atoms with Crippen molar-refractivity contribution in [2.24, 2.45) is 5.73 Å². The summed E-state index contributed by atoms with van der Waals surface area (Å²) >= 11 is 0. The van der Waals surface area contributed by atoms with E-state index in [-0.39, 0.29) is 11.5 Å². The highest BCUT2D eigenvalue weighted by Gasteiger charge is 2.33. The summed E-state index contributed by atoms with van der Waals surface area (Å²) in [6.45, 7) is 0. The SMILES string of the molecule is NC(=O)c1nc(-c2cccc(-c3ccccc3C(F)(F)F)c2)co1. The van der Waals surface area contributed by atoms with E-state index in [9.17, 15) is 18.0 Å². The summed E-state index contributed by atoms with van der Waals surface area (Å²) in [5.41, 5.74) is 5.62. The van der Waals surface area contributed by atoms with Gasteiger partial charge in [-0.2, -0.15) is 13.2 Å². The number of hydrogen-bond acceptors (Lipinski definition) is 3. The summed E-state index contributed by atoms with van der Waals surface area (Å²) in [7, 11) is 0. The number of alkyl halides is 3. The maximum Gasteiger partial charge on any atom is 0.417 e. The van der Waals surface area contributed by atoms with Gasteiger partial charge in [0.15, 0.2) is 0 Å². The lowest BCUT2D eigenvalue weighted by Gasteiger charge is -2.13. The average Bonchev–Trinajstić information content (AvgIpc) is 3.04. The molecule has 0 aliphatic carbocycles. The van der Waals surface area contributed by atoms with Crippen molar-refractivity contribution in [2.45, 2.75) is 6.18 Å². The second-order valence-corrected chi connectivity index (χ2v) is 5.03. The third kappa shape index (κ3) is 3.01. The Hall–Kier alpha value is -3.09. The number of amides is 1.